The number of hydrogen-bond acceptors (Lipinski definition) is 4. The monoisotopic (exact) mass is 470 g/mol. The summed E-state index contributed by atoms with van der Waals surface area (Å²) in [6.07, 6.45) is 0. The Morgan fingerprint density at radius 2 is 1.14 bits per heavy atom. The molecule has 0 fully saturated rings. The van der Waals surface area contributed by atoms with Gasteiger partial charge >= 0.3 is 0 Å². The van der Waals surface area contributed by atoms with E-state index in [-0.39, 0.29) is 5.75 Å². The minimum absolute atomic E-state index is 0.240. The molecule has 0 aliphatic rings. The van der Waals surface area contributed by atoms with Crippen molar-refractivity contribution in [2.45, 2.75) is 0 Å². The minimum Gasteiger partial charge on any atom is -0.507 e. The van der Waals surface area contributed by atoms with E-state index in [9.17, 15) is 5.11 Å². The van der Waals surface area contributed by atoms with Crippen molar-refractivity contribution >= 4 is 38.6 Å². The lowest BCUT2D eigenvalue weighted by Crippen LogP contribution is -2.09. The highest BCUT2D eigenvalue weighted by Gasteiger charge is 2.14. The van der Waals surface area contributed by atoms with E-state index in [0.29, 0.717) is 0 Å². The van der Waals surface area contributed by atoms with Crippen LogP contribution in [0, 0.1) is 0 Å². The van der Waals surface area contributed by atoms with Crippen molar-refractivity contribution < 1.29 is 5.11 Å². The summed E-state index contributed by atoms with van der Waals surface area (Å²) in [5.74, 6) is 0.240. The average molecular weight is 471 g/mol. The number of phenolic OH excluding ortho intramolecular Hbond substituents is 1. The van der Waals surface area contributed by atoms with Gasteiger partial charge in [-0.2, -0.15) is 0 Å². The maximum Gasteiger partial charge on any atom is 0.128 e. The molecule has 6 aromatic rings. The van der Waals surface area contributed by atoms with Gasteiger partial charge in [0.2, 0.25) is 0 Å². The molecule has 3 nitrogen and oxygen atoms in total. The first-order valence-electron chi connectivity index (χ1n) is 11.5. The molecule has 1 heterocycles. The first-order valence-corrected chi connectivity index (χ1v) is 12.3. The van der Waals surface area contributed by atoms with E-state index >= 15 is 0 Å². The van der Waals surface area contributed by atoms with Gasteiger partial charge in [0.1, 0.15) is 10.8 Å². The van der Waals surface area contributed by atoms with Crippen LogP contribution in [0.15, 0.2) is 127 Å². The topological polar surface area (TPSA) is 36.4 Å². The fourth-order valence-corrected chi connectivity index (χ4v) is 5.27. The second kappa shape index (κ2) is 9.09. The lowest BCUT2D eigenvalue weighted by Gasteiger charge is -2.25. The van der Waals surface area contributed by atoms with Crippen LogP contribution in [0.4, 0.5) is 17.1 Å². The predicted molar refractivity (Wildman–Crippen MR) is 147 cm³/mol. The van der Waals surface area contributed by atoms with Crippen molar-refractivity contribution in [1.82, 2.24) is 4.98 Å². The summed E-state index contributed by atoms with van der Waals surface area (Å²) >= 11 is 1.59. The molecular formula is C31H22N2OS. The fraction of sp³-hybridized carbons (Fsp3) is 0. The van der Waals surface area contributed by atoms with E-state index in [1.807, 2.05) is 42.5 Å². The summed E-state index contributed by atoms with van der Waals surface area (Å²) < 4.78 is 1.11. The molecule has 6 rings (SSSR count). The van der Waals surface area contributed by atoms with Gasteiger partial charge in [0.05, 0.1) is 15.8 Å². The van der Waals surface area contributed by atoms with E-state index in [4.69, 9.17) is 4.98 Å². The molecule has 0 spiro atoms. The average Bonchev–Trinajstić information content (AvgIpc) is 3.35. The van der Waals surface area contributed by atoms with Gasteiger partial charge in [0.25, 0.3) is 0 Å². The first kappa shape index (κ1) is 21.1. The Kier molecular flexibility index (Phi) is 5.49. The third kappa shape index (κ3) is 4.16. The van der Waals surface area contributed by atoms with Crippen LogP contribution in [0.25, 0.3) is 31.9 Å². The maximum atomic E-state index is 10.6. The third-order valence-corrected chi connectivity index (χ3v) is 7.08. The zero-order chi connectivity index (χ0) is 23.6. The smallest absolute Gasteiger partial charge is 0.128 e. The lowest BCUT2D eigenvalue weighted by atomic mass is 10.0. The van der Waals surface area contributed by atoms with Crippen LogP contribution in [0.2, 0.25) is 0 Å². The van der Waals surface area contributed by atoms with Gasteiger partial charge in [0.15, 0.2) is 0 Å². The van der Waals surface area contributed by atoms with Crippen LogP contribution in [0.3, 0.4) is 0 Å². The molecular weight excluding hydrogens is 448 g/mol. The second-order valence-electron chi connectivity index (χ2n) is 8.27. The van der Waals surface area contributed by atoms with Crippen LogP contribution in [-0.2, 0) is 0 Å². The summed E-state index contributed by atoms with van der Waals surface area (Å²) in [6, 6.07) is 43.1. The number of nitrogens with zero attached hydrogens (tertiary/aromatic N) is 2. The quantitative estimate of drug-likeness (QED) is 0.273. The van der Waals surface area contributed by atoms with Crippen molar-refractivity contribution in [3.05, 3.63) is 127 Å². The molecule has 0 saturated heterocycles. The maximum absolute atomic E-state index is 10.6. The Hall–Kier alpha value is -4.41. The number of anilines is 3. The summed E-state index contributed by atoms with van der Waals surface area (Å²) in [6.45, 7) is 0. The number of thiazole rings is 1. The van der Waals surface area contributed by atoms with E-state index in [2.05, 4.69) is 83.8 Å². The standard InChI is InChI=1S/C31H22N2OS/c34-29-20-17-23(21-27(29)31-32-28-13-7-8-14-30(28)35-31)22-15-18-26(19-16-22)33(24-9-3-1-4-10-24)25-11-5-2-6-12-25/h1-21,34H. The SMILES string of the molecule is Oc1ccc(-c2ccc(N(c3ccccc3)c3ccccc3)cc2)cc1-c1nc2ccccc2s1. The Morgan fingerprint density at radius 1 is 0.571 bits per heavy atom. The Balaban J connectivity index is 1.37. The molecule has 0 aliphatic heterocycles. The number of fused-ring (bicyclic) bond motifs is 1. The summed E-state index contributed by atoms with van der Waals surface area (Å²) in [7, 11) is 0. The molecule has 1 N–H and O–H groups in total. The zero-order valence-electron chi connectivity index (χ0n) is 18.9. The zero-order valence-corrected chi connectivity index (χ0v) is 19.7. The highest BCUT2D eigenvalue weighted by Crippen LogP contribution is 2.39. The van der Waals surface area contributed by atoms with Crippen molar-refractivity contribution in [2.75, 3.05) is 4.90 Å². The highest BCUT2D eigenvalue weighted by molar-refractivity contribution is 7.21. The number of phenols is 1. The van der Waals surface area contributed by atoms with Gasteiger partial charge in [-0.3, -0.25) is 0 Å². The number of benzene rings is 5. The van der Waals surface area contributed by atoms with Gasteiger partial charge < -0.3 is 10.0 Å². The van der Waals surface area contributed by atoms with Crippen LogP contribution >= 0.6 is 11.3 Å². The summed E-state index contributed by atoms with van der Waals surface area (Å²) in [5.41, 5.74) is 7.11. The Labute approximate surface area is 208 Å². The first-order chi connectivity index (χ1) is 17.3. The van der Waals surface area contributed by atoms with Crippen molar-refractivity contribution in [2.24, 2.45) is 0 Å². The van der Waals surface area contributed by atoms with Crippen molar-refractivity contribution in [3.63, 3.8) is 0 Å². The molecule has 0 radical (unpaired) electrons. The molecule has 0 amide bonds. The van der Waals surface area contributed by atoms with Gasteiger partial charge in [-0.25, -0.2) is 4.98 Å². The number of hydrogen-bond donors (Lipinski definition) is 1. The highest BCUT2D eigenvalue weighted by atomic mass is 32.1. The van der Waals surface area contributed by atoms with Gasteiger partial charge in [-0.1, -0.05) is 66.7 Å². The molecule has 5 aromatic carbocycles. The van der Waals surface area contributed by atoms with E-state index < -0.39 is 0 Å². The fourth-order valence-electron chi connectivity index (χ4n) is 4.28. The van der Waals surface area contributed by atoms with Crippen LogP contribution < -0.4 is 4.90 Å². The predicted octanol–water partition coefficient (Wildman–Crippen LogP) is 8.81. The molecule has 0 aliphatic carbocycles. The molecule has 0 unspecified atom stereocenters. The Bertz CT molecular complexity index is 1520. The lowest BCUT2D eigenvalue weighted by molar-refractivity contribution is 0.477. The van der Waals surface area contributed by atoms with Crippen LogP contribution in [0.5, 0.6) is 5.75 Å². The van der Waals surface area contributed by atoms with E-state index in [1.165, 1.54) is 0 Å². The largest absolute Gasteiger partial charge is 0.507 e. The Morgan fingerprint density at radius 3 is 1.80 bits per heavy atom. The van der Waals surface area contributed by atoms with Gasteiger partial charge in [-0.15, -0.1) is 11.3 Å². The molecule has 1 aromatic heterocycles. The third-order valence-electron chi connectivity index (χ3n) is 6.01. The van der Waals surface area contributed by atoms with E-state index in [1.54, 1.807) is 17.4 Å². The minimum atomic E-state index is 0.240. The number of aromatic hydroxyl groups is 1. The van der Waals surface area contributed by atoms with Crippen molar-refractivity contribution in [1.29, 1.82) is 0 Å². The number of aromatic nitrogens is 1. The number of rotatable bonds is 5. The molecule has 0 atom stereocenters. The molecule has 0 saturated carbocycles. The van der Waals surface area contributed by atoms with Crippen LogP contribution in [0.1, 0.15) is 0 Å². The van der Waals surface area contributed by atoms with E-state index in [0.717, 1.165) is 49.0 Å². The summed E-state index contributed by atoms with van der Waals surface area (Å²) in [5, 5.41) is 11.4. The summed E-state index contributed by atoms with van der Waals surface area (Å²) in [4.78, 5) is 6.98. The van der Waals surface area contributed by atoms with Crippen molar-refractivity contribution in [3.8, 4) is 27.4 Å². The van der Waals surface area contributed by atoms with Gasteiger partial charge in [0, 0.05) is 17.1 Å². The normalized spacial score (nSPS) is 11.0. The second-order valence-corrected chi connectivity index (χ2v) is 9.30. The van der Waals surface area contributed by atoms with Gasteiger partial charge in [-0.05, 0) is 71.8 Å². The molecule has 4 heteroatoms. The number of para-hydroxylation sites is 3. The molecule has 168 valence electrons. The van der Waals surface area contributed by atoms with Crippen LogP contribution in [-0.4, -0.2) is 10.1 Å². The molecule has 35 heavy (non-hydrogen) atoms. The molecule has 0 bridgehead atoms.